The minimum atomic E-state index is 0.589. The van der Waals surface area contributed by atoms with Crippen molar-refractivity contribution in [3.63, 3.8) is 0 Å². The molecule has 0 aliphatic rings. The van der Waals surface area contributed by atoms with Crippen LogP contribution in [0.4, 0.5) is 0 Å². The van der Waals surface area contributed by atoms with Crippen molar-refractivity contribution in [1.29, 1.82) is 0 Å². The van der Waals surface area contributed by atoms with Gasteiger partial charge in [0.25, 0.3) is 0 Å². The highest BCUT2D eigenvalue weighted by molar-refractivity contribution is 6.25. The second-order valence-electron chi connectivity index (χ2n) is 16.4. The van der Waals surface area contributed by atoms with Crippen molar-refractivity contribution in [2.75, 3.05) is 0 Å². The van der Waals surface area contributed by atoms with E-state index in [1.165, 1.54) is 49.2 Å². The van der Waals surface area contributed by atoms with Crippen molar-refractivity contribution in [2.24, 2.45) is 0 Å². The van der Waals surface area contributed by atoms with Gasteiger partial charge >= 0.3 is 0 Å². The third-order valence-corrected chi connectivity index (χ3v) is 12.6. The van der Waals surface area contributed by atoms with E-state index in [1.54, 1.807) is 0 Å². The van der Waals surface area contributed by atoms with Crippen molar-refractivity contribution in [2.45, 2.75) is 0 Å². The van der Waals surface area contributed by atoms with Gasteiger partial charge in [0.1, 0.15) is 11.2 Å². The zero-order valence-corrected chi connectivity index (χ0v) is 34.5. The Labute approximate surface area is 368 Å². The molecule has 298 valence electrons. The number of nitrogens with zero attached hydrogens (tertiary/aromatic N) is 4. The summed E-state index contributed by atoms with van der Waals surface area (Å²) in [4.78, 5) is 15.4. The summed E-state index contributed by atoms with van der Waals surface area (Å²) in [5.74, 6) is 1.82. The van der Waals surface area contributed by atoms with Gasteiger partial charge < -0.3 is 8.98 Å². The molecule has 13 rings (SSSR count). The van der Waals surface area contributed by atoms with Gasteiger partial charge in [0.05, 0.1) is 11.0 Å². The second-order valence-corrected chi connectivity index (χ2v) is 16.4. The van der Waals surface area contributed by atoms with Crippen LogP contribution in [0.25, 0.3) is 127 Å². The molecule has 0 N–H and O–H groups in total. The first-order valence-electron chi connectivity index (χ1n) is 21.6. The van der Waals surface area contributed by atoms with E-state index >= 15 is 0 Å². The van der Waals surface area contributed by atoms with Crippen LogP contribution >= 0.6 is 0 Å². The molecule has 0 saturated carbocycles. The molecule has 0 aliphatic heterocycles. The van der Waals surface area contributed by atoms with Gasteiger partial charge in [-0.3, -0.25) is 0 Å². The average Bonchev–Trinajstić information content (AvgIpc) is 3.91. The quantitative estimate of drug-likeness (QED) is 0.168. The summed E-state index contributed by atoms with van der Waals surface area (Å²) in [7, 11) is 0. The average molecular weight is 817 g/mol. The van der Waals surface area contributed by atoms with Gasteiger partial charge in [-0.2, -0.15) is 0 Å². The third-order valence-electron chi connectivity index (χ3n) is 12.6. The Morgan fingerprint density at radius 1 is 0.312 bits per heavy atom. The van der Waals surface area contributed by atoms with E-state index in [0.29, 0.717) is 17.5 Å². The lowest BCUT2D eigenvalue weighted by atomic mass is 9.94. The summed E-state index contributed by atoms with van der Waals surface area (Å²) in [5, 5.41) is 9.12. The van der Waals surface area contributed by atoms with E-state index in [9.17, 15) is 0 Å². The van der Waals surface area contributed by atoms with E-state index < -0.39 is 0 Å². The summed E-state index contributed by atoms with van der Waals surface area (Å²) in [6.07, 6.45) is 0. The fourth-order valence-corrected chi connectivity index (χ4v) is 9.64. The first-order chi connectivity index (χ1) is 31.7. The molecule has 13 aromatic rings. The molecule has 0 saturated heterocycles. The highest BCUT2D eigenvalue weighted by Gasteiger charge is 2.22. The van der Waals surface area contributed by atoms with Crippen molar-refractivity contribution in [3.8, 4) is 62.1 Å². The first kappa shape index (κ1) is 36.0. The van der Waals surface area contributed by atoms with Crippen LogP contribution in [0.5, 0.6) is 0 Å². The van der Waals surface area contributed by atoms with Crippen LogP contribution < -0.4 is 0 Å². The standard InChI is InChI=1S/C59H36N4O/c1-4-15-37(16-5-1)42-29-32-51-50(34-42)55-46-24-13-12-23-45(46)49(39-18-6-2-7-19-39)36-52(55)63(51)44-30-31-47-54(35-44)64-53-26-14-25-48(56(47)53)59-61-57(40-20-8-3-9-21-40)60-58(62-59)43-28-27-38-17-10-11-22-41(38)33-43/h1-36H. The normalized spacial score (nSPS) is 11.8. The molecular weight excluding hydrogens is 781 g/mol. The zero-order valence-electron chi connectivity index (χ0n) is 34.5. The Bertz CT molecular complexity index is 3950. The lowest BCUT2D eigenvalue weighted by molar-refractivity contribution is 0.668. The van der Waals surface area contributed by atoms with E-state index in [4.69, 9.17) is 19.4 Å². The fraction of sp³-hybridized carbons (Fsp3) is 0. The molecule has 0 radical (unpaired) electrons. The monoisotopic (exact) mass is 816 g/mol. The molecule has 3 heterocycles. The first-order valence-corrected chi connectivity index (χ1v) is 21.6. The van der Waals surface area contributed by atoms with Crippen LogP contribution in [0.15, 0.2) is 223 Å². The smallest absolute Gasteiger partial charge is 0.164 e. The Kier molecular flexibility index (Phi) is 8.15. The summed E-state index contributed by atoms with van der Waals surface area (Å²) in [5.41, 5.74) is 12.3. The third kappa shape index (κ3) is 5.83. The maximum atomic E-state index is 6.81. The molecule has 0 bridgehead atoms. The van der Waals surface area contributed by atoms with Crippen LogP contribution in [-0.4, -0.2) is 19.5 Å². The summed E-state index contributed by atoms with van der Waals surface area (Å²) in [6, 6.07) is 77.0. The van der Waals surface area contributed by atoms with E-state index in [1.807, 2.05) is 42.5 Å². The molecule has 3 aromatic heterocycles. The number of aromatic nitrogens is 4. The Balaban J connectivity index is 1.03. The Morgan fingerprint density at radius 2 is 0.969 bits per heavy atom. The fourth-order valence-electron chi connectivity index (χ4n) is 9.64. The number of rotatable bonds is 6. The van der Waals surface area contributed by atoms with Crippen LogP contribution in [0.2, 0.25) is 0 Å². The maximum Gasteiger partial charge on any atom is 0.164 e. The summed E-state index contributed by atoms with van der Waals surface area (Å²) >= 11 is 0. The van der Waals surface area contributed by atoms with Crippen molar-refractivity contribution in [3.05, 3.63) is 218 Å². The van der Waals surface area contributed by atoms with Gasteiger partial charge in [-0.1, -0.05) is 170 Å². The molecule has 0 amide bonds. The molecule has 0 aliphatic carbocycles. The summed E-state index contributed by atoms with van der Waals surface area (Å²) < 4.78 is 9.21. The van der Waals surface area contributed by atoms with Gasteiger partial charge in [-0.15, -0.1) is 0 Å². The van der Waals surface area contributed by atoms with Gasteiger partial charge in [0, 0.05) is 50.0 Å². The van der Waals surface area contributed by atoms with Gasteiger partial charge in [0.15, 0.2) is 17.5 Å². The van der Waals surface area contributed by atoms with Gasteiger partial charge in [-0.25, -0.2) is 15.0 Å². The van der Waals surface area contributed by atoms with Crippen molar-refractivity contribution >= 4 is 65.3 Å². The number of fused-ring (bicyclic) bond motifs is 9. The number of hydrogen-bond acceptors (Lipinski definition) is 4. The molecule has 0 fully saturated rings. The lowest BCUT2D eigenvalue weighted by Gasteiger charge is -2.12. The van der Waals surface area contributed by atoms with Crippen molar-refractivity contribution < 1.29 is 4.42 Å². The molecule has 5 heteroatoms. The number of benzene rings is 10. The second kappa shape index (κ2) is 14.5. The minimum absolute atomic E-state index is 0.589. The highest BCUT2D eigenvalue weighted by Crippen LogP contribution is 2.44. The number of furan rings is 1. The molecule has 0 atom stereocenters. The maximum absolute atomic E-state index is 6.81. The Morgan fingerprint density at radius 3 is 1.77 bits per heavy atom. The van der Waals surface area contributed by atoms with Crippen LogP contribution in [0.1, 0.15) is 0 Å². The predicted molar refractivity (Wildman–Crippen MR) is 264 cm³/mol. The van der Waals surface area contributed by atoms with Crippen LogP contribution in [-0.2, 0) is 0 Å². The molecule has 0 unspecified atom stereocenters. The number of hydrogen-bond donors (Lipinski definition) is 0. The van der Waals surface area contributed by atoms with E-state index in [-0.39, 0.29) is 0 Å². The zero-order chi connectivity index (χ0) is 42.1. The summed E-state index contributed by atoms with van der Waals surface area (Å²) in [6.45, 7) is 0. The largest absolute Gasteiger partial charge is 0.456 e. The SMILES string of the molecule is c1ccc(-c2ccc3c(c2)c2c4ccccc4c(-c4ccccc4)cc2n3-c2ccc3c(c2)oc2cccc(-c4nc(-c5ccccc5)nc(-c5ccc6ccccc6c5)n4)c23)cc1. The van der Waals surface area contributed by atoms with E-state index in [0.717, 1.165) is 60.7 Å². The molecule has 10 aromatic carbocycles. The topological polar surface area (TPSA) is 56.7 Å². The molecule has 64 heavy (non-hydrogen) atoms. The van der Waals surface area contributed by atoms with Gasteiger partial charge in [0.2, 0.25) is 0 Å². The van der Waals surface area contributed by atoms with Crippen LogP contribution in [0.3, 0.4) is 0 Å². The van der Waals surface area contributed by atoms with Gasteiger partial charge in [-0.05, 0) is 86.3 Å². The predicted octanol–water partition coefficient (Wildman–Crippen LogP) is 15.5. The van der Waals surface area contributed by atoms with Crippen molar-refractivity contribution in [1.82, 2.24) is 19.5 Å². The molecular formula is C59H36N4O. The highest BCUT2D eigenvalue weighted by atomic mass is 16.3. The van der Waals surface area contributed by atoms with Crippen LogP contribution in [0, 0.1) is 0 Å². The Hall–Kier alpha value is -8.67. The molecule has 0 spiro atoms. The van der Waals surface area contributed by atoms with E-state index in [2.05, 4.69) is 180 Å². The molecule has 5 nitrogen and oxygen atoms in total. The lowest BCUT2D eigenvalue weighted by Crippen LogP contribution is -2.00. The minimum Gasteiger partial charge on any atom is -0.456 e.